The molecule has 0 atom stereocenters. The first-order valence-corrected chi connectivity index (χ1v) is 9.74. The highest BCUT2D eigenvalue weighted by molar-refractivity contribution is 5.96. The number of aromatic carboxylic acids is 1. The summed E-state index contributed by atoms with van der Waals surface area (Å²) in [6.07, 6.45) is 5.59. The molecule has 0 spiro atoms. The highest BCUT2D eigenvalue weighted by Crippen LogP contribution is 2.48. The summed E-state index contributed by atoms with van der Waals surface area (Å²) in [7, 11) is 1.32. The van der Waals surface area contributed by atoms with Crippen LogP contribution in [0.1, 0.15) is 66.9 Å². The number of carbonyl (C=O) groups is 2. The average molecular weight is 403 g/mol. The number of hydrogen-bond acceptors (Lipinski definition) is 4. The van der Waals surface area contributed by atoms with Gasteiger partial charge in [-0.1, -0.05) is 19.3 Å². The Hall–Kier alpha value is -2.90. The number of nitrogens with zero attached hydrogens (tertiary/aromatic N) is 1. The molecule has 2 saturated carbocycles. The molecule has 29 heavy (non-hydrogen) atoms. The monoisotopic (exact) mass is 403 g/mol. The zero-order chi connectivity index (χ0) is 20.9. The molecule has 0 saturated heterocycles. The highest BCUT2D eigenvalue weighted by atomic mass is 19.1. The van der Waals surface area contributed by atoms with Crippen LogP contribution in [0.3, 0.4) is 0 Å². The van der Waals surface area contributed by atoms with E-state index in [1.54, 1.807) is 4.57 Å². The molecule has 0 unspecified atom stereocenters. The predicted octanol–water partition coefficient (Wildman–Crippen LogP) is 3.47. The van der Waals surface area contributed by atoms with Crippen LogP contribution in [0.2, 0.25) is 0 Å². The summed E-state index contributed by atoms with van der Waals surface area (Å²) in [4.78, 5) is 36.6. The minimum atomic E-state index is -1.43. The van der Waals surface area contributed by atoms with Gasteiger partial charge in [0.05, 0.1) is 23.4 Å². The van der Waals surface area contributed by atoms with E-state index >= 15 is 4.39 Å². The summed E-state index contributed by atoms with van der Waals surface area (Å²) in [6, 6.07) is 0.954. The lowest BCUT2D eigenvalue weighted by molar-refractivity contribution is -0.145. The van der Waals surface area contributed by atoms with Gasteiger partial charge in [0.2, 0.25) is 5.43 Å². The summed E-state index contributed by atoms with van der Waals surface area (Å²) in [5, 5.41) is 19.4. The molecule has 1 aromatic heterocycles. The van der Waals surface area contributed by atoms with Crippen molar-refractivity contribution in [3.8, 4) is 5.75 Å². The maximum Gasteiger partial charge on any atom is 0.341 e. The van der Waals surface area contributed by atoms with Crippen molar-refractivity contribution < 1.29 is 28.9 Å². The third-order valence-electron chi connectivity index (χ3n) is 6.19. The maximum absolute atomic E-state index is 15.4. The average Bonchev–Trinajstić information content (AvgIpc) is 3.53. The lowest BCUT2D eigenvalue weighted by Crippen LogP contribution is -2.39. The van der Waals surface area contributed by atoms with Gasteiger partial charge in [-0.3, -0.25) is 9.59 Å². The van der Waals surface area contributed by atoms with Gasteiger partial charge in [0.15, 0.2) is 5.75 Å². The lowest BCUT2D eigenvalue weighted by Gasteiger charge is -2.35. The highest BCUT2D eigenvalue weighted by Gasteiger charge is 2.46. The number of fused-ring (bicyclic) bond motifs is 1. The Morgan fingerprint density at radius 3 is 2.38 bits per heavy atom. The maximum atomic E-state index is 15.4. The molecule has 0 radical (unpaired) electrons. The van der Waals surface area contributed by atoms with Gasteiger partial charge in [-0.15, -0.1) is 0 Å². The molecule has 2 N–H and O–H groups in total. The second-order valence-corrected chi connectivity index (χ2v) is 7.93. The first-order chi connectivity index (χ1) is 13.8. The summed E-state index contributed by atoms with van der Waals surface area (Å²) < 4.78 is 22.5. The van der Waals surface area contributed by atoms with Gasteiger partial charge in [0.25, 0.3) is 0 Å². The van der Waals surface area contributed by atoms with Crippen LogP contribution in [-0.2, 0) is 10.2 Å². The van der Waals surface area contributed by atoms with Crippen LogP contribution in [0.5, 0.6) is 5.75 Å². The molecule has 7 nitrogen and oxygen atoms in total. The van der Waals surface area contributed by atoms with Crippen LogP contribution in [0.15, 0.2) is 17.1 Å². The molecule has 1 heterocycles. The number of aromatic nitrogens is 1. The van der Waals surface area contributed by atoms with Crippen molar-refractivity contribution in [2.75, 3.05) is 7.11 Å². The number of ether oxygens (including phenoxy) is 1. The van der Waals surface area contributed by atoms with Crippen molar-refractivity contribution in [1.82, 2.24) is 4.57 Å². The first-order valence-electron chi connectivity index (χ1n) is 9.74. The number of rotatable bonds is 5. The molecular weight excluding hydrogens is 381 g/mol. The smallest absolute Gasteiger partial charge is 0.341 e. The predicted molar refractivity (Wildman–Crippen MR) is 102 cm³/mol. The van der Waals surface area contributed by atoms with Gasteiger partial charge in [-0.25, -0.2) is 9.18 Å². The second-order valence-electron chi connectivity index (χ2n) is 7.93. The van der Waals surface area contributed by atoms with E-state index in [-0.39, 0.29) is 41.1 Å². The molecule has 2 fully saturated rings. The van der Waals surface area contributed by atoms with Crippen LogP contribution < -0.4 is 10.2 Å². The van der Waals surface area contributed by atoms with Crippen LogP contribution in [-0.4, -0.2) is 33.8 Å². The molecule has 8 heteroatoms. The number of carboxylic acids is 2. The van der Waals surface area contributed by atoms with E-state index in [2.05, 4.69) is 0 Å². The van der Waals surface area contributed by atoms with Crippen LogP contribution in [0.25, 0.3) is 10.9 Å². The minimum absolute atomic E-state index is 0.0187. The van der Waals surface area contributed by atoms with Gasteiger partial charge in [0.1, 0.15) is 11.4 Å². The largest absolute Gasteiger partial charge is 0.494 e. The second kappa shape index (κ2) is 6.86. The number of aliphatic carboxylic acids is 1. The molecule has 0 aliphatic heterocycles. The van der Waals surface area contributed by atoms with Crippen molar-refractivity contribution in [3.05, 3.63) is 39.4 Å². The molecule has 2 aromatic rings. The Morgan fingerprint density at radius 1 is 1.21 bits per heavy atom. The van der Waals surface area contributed by atoms with E-state index < -0.39 is 34.2 Å². The molecule has 1 aromatic carbocycles. The topological polar surface area (TPSA) is 106 Å². The number of methoxy groups -OCH3 is 1. The van der Waals surface area contributed by atoms with E-state index in [1.165, 1.54) is 13.3 Å². The van der Waals surface area contributed by atoms with Gasteiger partial charge < -0.3 is 19.5 Å². The molecular formula is C21H22FNO6. The van der Waals surface area contributed by atoms with Gasteiger partial charge in [-0.2, -0.15) is 0 Å². The zero-order valence-corrected chi connectivity index (χ0v) is 16.0. The van der Waals surface area contributed by atoms with E-state index in [1.807, 2.05) is 0 Å². The van der Waals surface area contributed by atoms with E-state index in [0.717, 1.165) is 25.3 Å². The summed E-state index contributed by atoms with van der Waals surface area (Å²) in [5.74, 6) is -3.33. The van der Waals surface area contributed by atoms with Gasteiger partial charge in [-0.05, 0) is 31.7 Å². The van der Waals surface area contributed by atoms with Gasteiger partial charge in [0, 0.05) is 17.8 Å². The molecule has 154 valence electrons. The van der Waals surface area contributed by atoms with Crippen molar-refractivity contribution in [3.63, 3.8) is 0 Å². The third kappa shape index (κ3) is 2.89. The number of halogens is 1. The lowest BCUT2D eigenvalue weighted by atomic mass is 9.68. The van der Waals surface area contributed by atoms with Crippen molar-refractivity contribution in [2.45, 2.75) is 56.4 Å². The van der Waals surface area contributed by atoms with Crippen LogP contribution >= 0.6 is 0 Å². The number of hydrogen-bond donors (Lipinski definition) is 2. The number of pyridine rings is 1. The quantitative estimate of drug-likeness (QED) is 0.792. The fourth-order valence-corrected chi connectivity index (χ4v) is 4.62. The Morgan fingerprint density at radius 2 is 1.86 bits per heavy atom. The molecule has 4 rings (SSSR count). The van der Waals surface area contributed by atoms with Crippen molar-refractivity contribution in [1.29, 1.82) is 0 Å². The van der Waals surface area contributed by atoms with Crippen LogP contribution in [0.4, 0.5) is 4.39 Å². The van der Waals surface area contributed by atoms with E-state index in [0.29, 0.717) is 12.8 Å². The summed E-state index contributed by atoms with van der Waals surface area (Å²) in [6.45, 7) is 0. The van der Waals surface area contributed by atoms with E-state index in [9.17, 15) is 24.6 Å². The SMILES string of the molecule is COc1c(C2(C(=O)O)CCCCC2)c(F)cc2c(=O)c(C(=O)O)cn(C3CC3)c12. The third-order valence-corrected chi connectivity index (χ3v) is 6.19. The summed E-state index contributed by atoms with van der Waals surface area (Å²) >= 11 is 0. The van der Waals surface area contributed by atoms with Crippen molar-refractivity contribution >= 4 is 22.8 Å². The number of benzene rings is 1. The fraction of sp³-hybridized carbons (Fsp3) is 0.476. The zero-order valence-electron chi connectivity index (χ0n) is 16.0. The Balaban J connectivity index is 2.13. The first kappa shape index (κ1) is 19.4. The van der Waals surface area contributed by atoms with Crippen molar-refractivity contribution in [2.24, 2.45) is 0 Å². The summed E-state index contributed by atoms with van der Waals surface area (Å²) in [5.41, 5.74) is -2.45. The van der Waals surface area contributed by atoms with Crippen LogP contribution in [0, 0.1) is 5.82 Å². The standard InChI is InChI=1S/C21H22FNO6/c1-29-18-15(21(20(27)28)7-3-2-4-8-21)14(22)9-12-16(18)23(11-5-6-11)10-13(17(12)24)19(25)26/h9-11H,2-8H2,1H3,(H,25,26)(H,27,28). The van der Waals surface area contributed by atoms with E-state index in [4.69, 9.17) is 4.74 Å². The molecule has 0 amide bonds. The van der Waals surface area contributed by atoms with Gasteiger partial charge >= 0.3 is 11.9 Å². The number of carboxylic acid groups (broad SMARTS) is 2. The Bertz CT molecular complexity index is 1080. The molecule has 2 aliphatic rings. The normalized spacial score (nSPS) is 18.6. The molecule has 2 aliphatic carbocycles. The Labute approximate surface area is 165 Å². The fourth-order valence-electron chi connectivity index (χ4n) is 4.62. The Kier molecular flexibility index (Phi) is 4.59. The molecule has 0 bridgehead atoms. The minimum Gasteiger partial charge on any atom is -0.494 e.